The highest BCUT2D eigenvalue weighted by Gasteiger charge is 2.13. The largest absolute Gasteiger partial charge is 0.206 e. The maximum Gasteiger partial charge on any atom is 0.131 e. The topological polar surface area (TPSA) is 0 Å². The van der Waals surface area contributed by atoms with Gasteiger partial charge in [0.05, 0.1) is 0 Å². The fourth-order valence-corrected chi connectivity index (χ4v) is 1.18. The first-order valence-electron chi connectivity index (χ1n) is 3.67. The minimum Gasteiger partial charge on any atom is -0.206 e. The summed E-state index contributed by atoms with van der Waals surface area (Å²) < 4.78 is 26.2. The molecule has 0 aromatic heterocycles. The van der Waals surface area contributed by atoms with E-state index in [9.17, 15) is 8.78 Å². The fraction of sp³-hybridized carbons (Fsp3) is 0.333. The zero-order valence-corrected chi connectivity index (χ0v) is 7.33. The van der Waals surface area contributed by atoms with Gasteiger partial charge in [-0.05, 0) is 31.9 Å². The van der Waals surface area contributed by atoms with Crippen LogP contribution in [0.4, 0.5) is 8.78 Å². The molecule has 0 N–H and O–H groups in total. The average molecular weight is 166 g/mol. The van der Waals surface area contributed by atoms with E-state index in [1.54, 1.807) is 13.8 Å². The van der Waals surface area contributed by atoms with E-state index in [-0.39, 0.29) is 11.0 Å². The monoisotopic (exact) mass is 166 g/mol. The number of halogens is 2. The summed E-state index contributed by atoms with van der Waals surface area (Å²) in [5.74, 6) is -1.09. The zero-order valence-electron chi connectivity index (χ0n) is 7.33. The molecule has 0 amide bonds. The van der Waals surface area contributed by atoms with Crippen molar-refractivity contribution in [3.8, 4) is 0 Å². The van der Waals surface area contributed by atoms with Gasteiger partial charge in [0.25, 0.3) is 0 Å². The molecule has 2 radical (unpaired) electrons. The van der Waals surface area contributed by atoms with Gasteiger partial charge < -0.3 is 0 Å². The minimum absolute atomic E-state index is 0.0409. The maximum atomic E-state index is 13.1. The summed E-state index contributed by atoms with van der Waals surface area (Å²) in [6.45, 7) is 4.50. The highest BCUT2D eigenvalue weighted by molar-refractivity contribution is 6.34. The molecule has 0 saturated heterocycles. The Balaban J connectivity index is 3.60. The van der Waals surface area contributed by atoms with Crippen LogP contribution in [0.3, 0.4) is 0 Å². The van der Waals surface area contributed by atoms with Crippen LogP contribution in [0.15, 0.2) is 0 Å². The Morgan fingerprint density at radius 2 is 1.17 bits per heavy atom. The van der Waals surface area contributed by atoms with Gasteiger partial charge in [0.1, 0.15) is 19.5 Å². The highest BCUT2D eigenvalue weighted by Crippen LogP contribution is 2.16. The Morgan fingerprint density at radius 3 is 1.50 bits per heavy atom. The van der Waals surface area contributed by atoms with Crippen LogP contribution in [0.5, 0.6) is 0 Å². The third-order valence-corrected chi connectivity index (χ3v) is 2.12. The molecular weight excluding hydrogens is 157 g/mol. The van der Waals surface area contributed by atoms with Gasteiger partial charge in [-0.25, -0.2) is 8.78 Å². The van der Waals surface area contributed by atoms with Crippen LogP contribution in [0.2, 0.25) is 0 Å². The second-order valence-corrected chi connectivity index (χ2v) is 2.92. The fourth-order valence-electron chi connectivity index (χ4n) is 1.18. The average Bonchev–Trinajstić information content (AvgIpc) is 2.08. The molecule has 3 heteroatoms. The van der Waals surface area contributed by atoms with Crippen LogP contribution in [0, 0.1) is 32.4 Å². The molecule has 0 atom stereocenters. The lowest BCUT2D eigenvalue weighted by atomic mass is 9.85. The van der Waals surface area contributed by atoms with E-state index in [0.29, 0.717) is 11.1 Å². The van der Waals surface area contributed by atoms with Crippen molar-refractivity contribution in [3.63, 3.8) is 0 Å². The van der Waals surface area contributed by atoms with Gasteiger partial charge in [-0.1, -0.05) is 5.46 Å². The van der Waals surface area contributed by atoms with Crippen molar-refractivity contribution in [2.24, 2.45) is 0 Å². The predicted octanol–water partition coefficient (Wildman–Crippen LogP) is 1.68. The standard InChI is InChI=1S/C9H9BF2/c1-4-7(10)5(2)9(12)6(3)8(4)11/h1-3H3. The summed E-state index contributed by atoms with van der Waals surface area (Å²) in [7, 11) is 5.47. The summed E-state index contributed by atoms with van der Waals surface area (Å²) in [5.41, 5.74) is 0.896. The lowest BCUT2D eigenvalue weighted by Crippen LogP contribution is -2.17. The molecule has 0 aliphatic carbocycles. The number of hydrogen-bond acceptors (Lipinski definition) is 0. The summed E-state index contributed by atoms with van der Waals surface area (Å²) >= 11 is 0. The van der Waals surface area contributed by atoms with E-state index in [0.717, 1.165) is 0 Å². The smallest absolute Gasteiger partial charge is 0.131 e. The summed E-state index contributed by atoms with van der Waals surface area (Å²) in [4.78, 5) is 0. The molecule has 0 fully saturated rings. The Morgan fingerprint density at radius 1 is 0.833 bits per heavy atom. The van der Waals surface area contributed by atoms with Crippen LogP contribution in [0.1, 0.15) is 16.7 Å². The van der Waals surface area contributed by atoms with E-state index in [1.807, 2.05) is 0 Å². The molecule has 0 bridgehead atoms. The first kappa shape index (κ1) is 9.23. The lowest BCUT2D eigenvalue weighted by Gasteiger charge is -2.10. The third-order valence-electron chi connectivity index (χ3n) is 2.12. The van der Waals surface area contributed by atoms with Gasteiger partial charge in [0.2, 0.25) is 0 Å². The molecule has 62 valence electrons. The van der Waals surface area contributed by atoms with Gasteiger partial charge >= 0.3 is 0 Å². The maximum absolute atomic E-state index is 13.1. The molecule has 0 aliphatic rings. The first-order chi connectivity index (χ1) is 5.46. The van der Waals surface area contributed by atoms with Crippen molar-refractivity contribution >= 4 is 13.3 Å². The van der Waals surface area contributed by atoms with Crippen molar-refractivity contribution in [2.75, 3.05) is 0 Å². The van der Waals surface area contributed by atoms with E-state index < -0.39 is 11.6 Å². The molecule has 0 saturated carbocycles. The van der Waals surface area contributed by atoms with Crippen LogP contribution in [-0.4, -0.2) is 7.85 Å². The van der Waals surface area contributed by atoms with Crippen molar-refractivity contribution in [2.45, 2.75) is 20.8 Å². The molecule has 0 heterocycles. The van der Waals surface area contributed by atoms with Crippen LogP contribution < -0.4 is 5.46 Å². The molecule has 0 nitrogen and oxygen atoms in total. The predicted molar refractivity (Wildman–Crippen MR) is 46.0 cm³/mol. The van der Waals surface area contributed by atoms with Gasteiger partial charge in [-0.2, -0.15) is 0 Å². The second-order valence-electron chi connectivity index (χ2n) is 2.92. The Hall–Kier alpha value is -0.855. The van der Waals surface area contributed by atoms with Crippen molar-refractivity contribution in [1.29, 1.82) is 0 Å². The first-order valence-corrected chi connectivity index (χ1v) is 3.67. The molecular formula is C9H9BF2. The molecule has 0 spiro atoms. The van der Waals surface area contributed by atoms with E-state index >= 15 is 0 Å². The number of rotatable bonds is 0. The summed E-state index contributed by atoms with van der Waals surface area (Å²) in [6.07, 6.45) is 0. The Labute approximate surface area is 72.0 Å². The van der Waals surface area contributed by atoms with Gasteiger partial charge in [-0.15, -0.1) is 0 Å². The molecule has 0 aliphatic heterocycles. The lowest BCUT2D eigenvalue weighted by molar-refractivity contribution is 0.559. The van der Waals surface area contributed by atoms with Crippen molar-refractivity contribution < 1.29 is 8.78 Å². The third kappa shape index (κ3) is 1.13. The second kappa shape index (κ2) is 2.89. The number of hydrogen-bond donors (Lipinski definition) is 0. The normalized spacial score (nSPS) is 10.4. The van der Waals surface area contributed by atoms with Gasteiger partial charge in [0.15, 0.2) is 0 Å². The van der Waals surface area contributed by atoms with E-state index in [4.69, 9.17) is 7.85 Å². The quantitative estimate of drug-likeness (QED) is 0.514. The van der Waals surface area contributed by atoms with Gasteiger partial charge in [-0.3, -0.25) is 0 Å². The summed E-state index contributed by atoms with van der Waals surface area (Å²) in [6, 6.07) is 0. The molecule has 1 aromatic rings. The van der Waals surface area contributed by atoms with Crippen molar-refractivity contribution in [1.82, 2.24) is 0 Å². The molecule has 1 aromatic carbocycles. The van der Waals surface area contributed by atoms with Crippen LogP contribution in [-0.2, 0) is 0 Å². The highest BCUT2D eigenvalue weighted by atomic mass is 19.1. The van der Waals surface area contributed by atoms with Crippen LogP contribution >= 0.6 is 0 Å². The molecule has 12 heavy (non-hydrogen) atoms. The minimum atomic E-state index is -0.546. The molecule has 1 rings (SSSR count). The van der Waals surface area contributed by atoms with E-state index in [1.165, 1.54) is 6.92 Å². The Bertz CT molecular complexity index is 227. The summed E-state index contributed by atoms with van der Waals surface area (Å²) in [5, 5.41) is 0. The van der Waals surface area contributed by atoms with Crippen molar-refractivity contribution in [3.05, 3.63) is 28.3 Å². The number of benzene rings is 1. The molecule has 0 unspecified atom stereocenters. The van der Waals surface area contributed by atoms with Gasteiger partial charge in [0, 0.05) is 5.56 Å². The SMILES string of the molecule is [B]c1c(C)c(F)c(C)c(F)c1C. The Kier molecular flexibility index (Phi) is 2.22. The van der Waals surface area contributed by atoms with Crippen LogP contribution in [0.25, 0.3) is 0 Å². The zero-order chi connectivity index (χ0) is 9.46. The van der Waals surface area contributed by atoms with E-state index in [2.05, 4.69) is 0 Å².